The van der Waals surface area contributed by atoms with Gasteiger partial charge in [-0.15, -0.1) is 0 Å². The van der Waals surface area contributed by atoms with E-state index in [9.17, 15) is 9.18 Å². The fourth-order valence-corrected chi connectivity index (χ4v) is 2.87. The molecule has 0 spiro atoms. The number of carbonyl (C=O) groups excluding carboxylic acids is 1. The summed E-state index contributed by atoms with van der Waals surface area (Å²) >= 11 is 0. The number of likely N-dealkylation sites (N-methyl/N-ethyl adjacent to an activating group) is 1. The number of hydrogen-bond acceptors (Lipinski definition) is 2. The first-order valence-electron chi connectivity index (χ1n) is 6.79. The van der Waals surface area contributed by atoms with Gasteiger partial charge in [0.25, 0.3) is 5.91 Å². The molecule has 3 nitrogen and oxygen atoms in total. The van der Waals surface area contributed by atoms with Crippen LogP contribution in [-0.4, -0.2) is 36.5 Å². The third kappa shape index (κ3) is 2.95. The van der Waals surface area contributed by atoms with E-state index in [0.29, 0.717) is 5.56 Å². The summed E-state index contributed by atoms with van der Waals surface area (Å²) in [6.07, 6.45) is 3.13. The van der Waals surface area contributed by atoms with Gasteiger partial charge in [-0.05, 0) is 51.4 Å². The van der Waals surface area contributed by atoms with Crippen molar-refractivity contribution >= 4 is 5.91 Å². The van der Waals surface area contributed by atoms with Crippen molar-refractivity contribution in [1.29, 1.82) is 0 Å². The largest absolute Gasteiger partial charge is 0.332 e. The molecule has 1 saturated heterocycles. The topological polar surface area (TPSA) is 32.3 Å². The Morgan fingerprint density at radius 2 is 2.26 bits per heavy atom. The van der Waals surface area contributed by atoms with Gasteiger partial charge in [-0.3, -0.25) is 4.79 Å². The Morgan fingerprint density at radius 1 is 1.47 bits per heavy atom. The summed E-state index contributed by atoms with van der Waals surface area (Å²) in [6, 6.07) is 5.94. The lowest BCUT2D eigenvalue weighted by molar-refractivity contribution is 0.0381. The molecule has 1 N–H and O–H groups in total. The number of hydrogen-bond donors (Lipinski definition) is 1. The van der Waals surface area contributed by atoms with Gasteiger partial charge in [0.2, 0.25) is 0 Å². The van der Waals surface area contributed by atoms with Gasteiger partial charge in [0.1, 0.15) is 5.82 Å². The van der Waals surface area contributed by atoms with Crippen molar-refractivity contribution in [3.63, 3.8) is 0 Å². The van der Waals surface area contributed by atoms with Gasteiger partial charge >= 0.3 is 0 Å². The first kappa shape index (κ1) is 14.0. The van der Waals surface area contributed by atoms with E-state index in [4.69, 9.17) is 0 Å². The van der Waals surface area contributed by atoms with Crippen LogP contribution in [0.25, 0.3) is 0 Å². The van der Waals surface area contributed by atoms with Crippen LogP contribution in [0.2, 0.25) is 0 Å². The van der Waals surface area contributed by atoms with Crippen molar-refractivity contribution in [3.8, 4) is 0 Å². The predicted molar refractivity (Wildman–Crippen MR) is 73.6 cm³/mol. The zero-order chi connectivity index (χ0) is 13.9. The van der Waals surface area contributed by atoms with Crippen LogP contribution in [0.5, 0.6) is 0 Å². The summed E-state index contributed by atoms with van der Waals surface area (Å²) < 4.78 is 13.3. The zero-order valence-electron chi connectivity index (χ0n) is 11.6. The predicted octanol–water partition coefficient (Wildman–Crippen LogP) is 2.43. The summed E-state index contributed by atoms with van der Waals surface area (Å²) in [4.78, 5) is 14.5. The van der Waals surface area contributed by atoms with Gasteiger partial charge in [-0.25, -0.2) is 4.39 Å². The number of piperidine rings is 1. The van der Waals surface area contributed by atoms with Crippen LogP contribution in [0, 0.1) is 5.82 Å². The fraction of sp³-hybridized carbons (Fsp3) is 0.533. The van der Waals surface area contributed by atoms with Gasteiger partial charge in [0, 0.05) is 18.7 Å². The summed E-state index contributed by atoms with van der Waals surface area (Å²) in [5.41, 5.74) is 0.250. The minimum Gasteiger partial charge on any atom is -0.332 e. The van der Waals surface area contributed by atoms with E-state index in [1.807, 2.05) is 11.9 Å². The van der Waals surface area contributed by atoms with Crippen molar-refractivity contribution in [3.05, 3.63) is 35.6 Å². The van der Waals surface area contributed by atoms with E-state index in [2.05, 4.69) is 12.2 Å². The molecular formula is C15H21FN2O. The maximum Gasteiger partial charge on any atom is 0.254 e. The van der Waals surface area contributed by atoms with E-state index in [1.54, 1.807) is 12.1 Å². The highest BCUT2D eigenvalue weighted by molar-refractivity contribution is 5.94. The highest BCUT2D eigenvalue weighted by Crippen LogP contribution is 2.29. The van der Waals surface area contributed by atoms with E-state index in [-0.39, 0.29) is 17.3 Å². The molecule has 1 amide bonds. The Kier molecular flexibility index (Phi) is 4.20. The molecule has 0 saturated carbocycles. The second-order valence-electron chi connectivity index (χ2n) is 5.45. The molecule has 1 fully saturated rings. The molecular weight excluding hydrogens is 243 g/mol. The van der Waals surface area contributed by atoms with Crippen LogP contribution < -0.4 is 5.32 Å². The maximum atomic E-state index is 13.3. The highest BCUT2D eigenvalue weighted by atomic mass is 19.1. The number of nitrogens with one attached hydrogen (secondary N) is 1. The molecule has 0 radical (unpaired) electrons. The standard InChI is InChI=1S/C15H21FN2O/c1-15(11-17-2)8-3-4-9-18(15)14(19)12-6-5-7-13(16)10-12/h5-7,10,17H,3-4,8-9,11H2,1-2H3. The molecule has 1 unspecified atom stereocenters. The van der Waals surface area contributed by atoms with Crippen LogP contribution in [0.4, 0.5) is 4.39 Å². The molecule has 0 bridgehead atoms. The van der Waals surface area contributed by atoms with Gasteiger partial charge < -0.3 is 10.2 Å². The third-order valence-electron chi connectivity index (χ3n) is 3.87. The van der Waals surface area contributed by atoms with Crippen LogP contribution in [-0.2, 0) is 0 Å². The minimum atomic E-state index is -0.363. The Hall–Kier alpha value is -1.42. The summed E-state index contributed by atoms with van der Waals surface area (Å²) in [7, 11) is 1.89. The van der Waals surface area contributed by atoms with Gasteiger partial charge in [-0.1, -0.05) is 6.07 Å². The Balaban J connectivity index is 2.25. The number of likely N-dealkylation sites (tertiary alicyclic amines) is 1. The molecule has 1 atom stereocenters. The number of halogens is 1. The van der Waals surface area contributed by atoms with Gasteiger partial charge in [-0.2, -0.15) is 0 Å². The van der Waals surface area contributed by atoms with Crippen molar-refractivity contribution in [2.24, 2.45) is 0 Å². The summed E-state index contributed by atoms with van der Waals surface area (Å²) in [6.45, 7) is 3.60. The third-order valence-corrected chi connectivity index (χ3v) is 3.87. The molecule has 1 aromatic carbocycles. The van der Waals surface area contributed by atoms with Crippen molar-refractivity contribution in [2.45, 2.75) is 31.7 Å². The molecule has 2 rings (SSSR count). The smallest absolute Gasteiger partial charge is 0.254 e. The SMILES string of the molecule is CNCC1(C)CCCCN1C(=O)c1cccc(F)c1. The number of rotatable bonds is 3. The summed E-state index contributed by atoms with van der Waals surface area (Å²) in [5.74, 6) is -0.435. The molecule has 4 heteroatoms. The molecule has 0 aromatic heterocycles. The number of benzene rings is 1. The van der Waals surface area contributed by atoms with Gasteiger partial charge in [0.05, 0.1) is 5.54 Å². The van der Waals surface area contributed by atoms with Crippen LogP contribution in [0.1, 0.15) is 36.5 Å². The molecule has 0 aliphatic carbocycles. The minimum absolute atomic E-state index is 0.0723. The second kappa shape index (κ2) is 5.70. The number of amides is 1. The molecule has 1 aromatic rings. The Labute approximate surface area is 113 Å². The average molecular weight is 264 g/mol. The van der Waals surface area contributed by atoms with E-state index in [0.717, 1.165) is 32.4 Å². The second-order valence-corrected chi connectivity index (χ2v) is 5.45. The first-order chi connectivity index (χ1) is 9.07. The molecule has 19 heavy (non-hydrogen) atoms. The molecule has 104 valence electrons. The first-order valence-corrected chi connectivity index (χ1v) is 6.79. The average Bonchev–Trinajstić information content (AvgIpc) is 2.38. The highest BCUT2D eigenvalue weighted by Gasteiger charge is 2.37. The van der Waals surface area contributed by atoms with E-state index in [1.165, 1.54) is 12.1 Å². The van der Waals surface area contributed by atoms with Crippen molar-refractivity contribution < 1.29 is 9.18 Å². The molecule has 1 aliphatic heterocycles. The van der Waals surface area contributed by atoms with Crippen molar-refractivity contribution in [1.82, 2.24) is 10.2 Å². The normalized spacial score (nSPS) is 23.4. The lowest BCUT2D eigenvalue weighted by atomic mass is 9.87. The van der Waals surface area contributed by atoms with Crippen LogP contribution >= 0.6 is 0 Å². The van der Waals surface area contributed by atoms with E-state index < -0.39 is 0 Å². The van der Waals surface area contributed by atoms with E-state index >= 15 is 0 Å². The van der Waals surface area contributed by atoms with Crippen LogP contribution in [0.3, 0.4) is 0 Å². The Morgan fingerprint density at radius 3 is 2.95 bits per heavy atom. The molecule has 1 aliphatic rings. The summed E-state index contributed by atoms with van der Waals surface area (Å²) in [5, 5.41) is 3.16. The zero-order valence-corrected chi connectivity index (χ0v) is 11.6. The monoisotopic (exact) mass is 264 g/mol. The maximum absolute atomic E-state index is 13.3. The van der Waals surface area contributed by atoms with Crippen LogP contribution in [0.15, 0.2) is 24.3 Å². The lowest BCUT2D eigenvalue weighted by Crippen LogP contribution is -2.57. The number of carbonyl (C=O) groups is 1. The van der Waals surface area contributed by atoms with Crippen molar-refractivity contribution in [2.75, 3.05) is 20.1 Å². The number of nitrogens with zero attached hydrogens (tertiary/aromatic N) is 1. The lowest BCUT2D eigenvalue weighted by Gasteiger charge is -2.45. The Bertz CT molecular complexity index is 459. The fourth-order valence-electron chi connectivity index (χ4n) is 2.87. The molecule has 1 heterocycles. The quantitative estimate of drug-likeness (QED) is 0.909. The van der Waals surface area contributed by atoms with Gasteiger partial charge in [0.15, 0.2) is 0 Å².